The second-order valence-electron chi connectivity index (χ2n) is 8.29. The number of benzene rings is 3. The number of fused-ring (bicyclic) bond motifs is 1. The number of ether oxygens (including phenoxy) is 2. The molecule has 0 N–H and O–H groups in total. The Labute approximate surface area is 204 Å². The van der Waals surface area contributed by atoms with Crippen LogP contribution in [0.2, 0.25) is 0 Å². The molecule has 3 aromatic rings. The van der Waals surface area contributed by atoms with Crippen molar-refractivity contribution in [1.29, 1.82) is 0 Å². The van der Waals surface area contributed by atoms with Crippen LogP contribution in [0.3, 0.4) is 0 Å². The summed E-state index contributed by atoms with van der Waals surface area (Å²) in [6.45, 7) is 0. The zero-order chi connectivity index (χ0) is 24.4. The molecular weight excluding hydrogens is 438 g/mol. The maximum absolute atomic E-state index is 13.5. The summed E-state index contributed by atoms with van der Waals surface area (Å²) in [6.07, 6.45) is 1.61. The number of nitrogens with zero attached hydrogens (tertiary/aromatic N) is 1. The largest absolute Gasteiger partial charge is 0.465 e. The first kappa shape index (κ1) is 22.4. The van der Waals surface area contributed by atoms with E-state index in [-0.39, 0.29) is 11.3 Å². The summed E-state index contributed by atoms with van der Waals surface area (Å²) in [5.41, 5.74) is 6.60. The van der Waals surface area contributed by atoms with Gasteiger partial charge in [-0.1, -0.05) is 78.9 Å². The van der Waals surface area contributed by atoms with E-state index < -0.39 is 11.9 Å². The molecule has 1 saturated carbocycles. The molecule has 5 heteroatoms. The normalized spacial score (nSPS) is 15.3. The van der Waals surface area contributed by atoms with Crippen LogP contribution in [0.25, 0.3) is 11.3 Å². The first-order valence-electron chi connectivity index (χ1n) is 11.5. The minimum Gasteiger partial charge on any atom is -0.465 e. The van der Waals surface area contributed by atoms with E-state index in [1.807, 2.05) is 95.9 Å². The smallest absolute Gasteiger partial charge is 0.355 e. The molecule has 0 aromatic heterocycles. The van der Waals surface area contributed by atoms with Crippen LogP contribution in [0.15, 0.2) is 113 Å². The topological polar surface area (TPSA) is 55.8 Å². The molecule has 1 aliphatic heterocycles. The summed E-state index contributed by atoms with van der Waals surface area (Å²) in [5, 5.41) is 0. The molecule has 0 bridgehead atoms. The molecule has 0 radical (unpaired) electrons. The van der Waals surface area contributed by atoms with Gasteiger partial charge in [-0.15, -0.1) is 0 Å². The van der Waals surface area contributed by atoms with Crippen molar-refractivity contribution in [3.63, 3.8) is 0 Å². The van der Waals surface area contributed by atoms with Crippen molar-refractivity contribution < 1.29 is 19.1 Å². The van der Waals surface area contributed by atoms with E-state index in [4.69, 9.17) is 9.47 Å². The minimum absolute atomic E-state index is 0.137. The Kier molecular flexibility index (Phi) is 6.06. The van der Waals surface area contributed by atoms with E-state index in [1.54, 1.807) is 0 Å². The first-order chi connectivity index (χ1) is 17.2. The van der Waals surface area contributed by atoms with Crippen molar-refractivity contribution in [3.05, 3.63) is 125 Å². The molecule has 3 aromatic carbocycles. The van der Waals surface area contributed by atoms with Gasteiger partial charge in [-0.2, -0.15) is 0 Å². The van der Waals surface area contributed by atoms with Gasteiger partial charge in [-0.05, 0) is 47.2 Å². The van der Waals surface area contributed by atoms with Gasteiger partial charge in [0.15, 0.2) is 0 Å². The summed E-state index contributed by atoms with van der Waals surface area (Å²) < 4.78 is 10.6. The molecule has 0 spiro atoms. The average Bonchev–Trinajstić information content (AvgIpc) is 2.99. The Hall–Kier alpha value is -4.38. The van der Waals surface area contributed by atoms with Gasteiger partial charge in [0.1, 0.15) is 5.70 Å². The molecule has 0 saturated heterocycles. The number of carbonyl (C=O) groups excluding carboxylic acids is 2. The van der Waals surface area contributed by atoms with Crippen LogP contribution in [-0.2, 0) is 19.1 Å². The van der Waals surface area contributed by atoms with Gasteiger partial charge in [0.05, 0.1) is 25.5 Å². The minimum atomic E-state index is -0.612. The average molecular weight is 464 g/mol. The number of hydrogen-bond acceptors (Lipinski definition) is 5. The number of esters is 2. The summed E-state index contributed by atoms with van der Waals surface area (Å²) in [5.74, 6) is -1.20. The van der Waals surface area contributed by atoms with Crippen molar-refractivity contribution in [2.45, 2.75) is 12.8 Å². The molecule has 5 rings (SSSR count). The number of hydrogen-bond donors (Lipinski definition) is 0. The van der Waals surface area contributed by atoms with Gasteiger partial charge in [-0.25, -0.2) is 9.59 Å². The Morgan fingerprint density at radius 3 is 1.69 bits per heavy atom. The fourth-order valence-corrected chi connectivity index (χ4v) is 4.79. The monoisotopic (exact) mass is 463 g/mol. The zero-order valence-corrected chi connectivity index (χ0v) is 19.7. The van der Waals surface area contributed by atoms with Crippen LogP contribution < -0.4 is 4.90 Å². The number of anilines is 1. The highest BCUT2D eigenvalue weighted by Crippen LogP contribution is 2.51. The summed E-state index contributed by atoms with van der Waals surface area (Å²) in [7, 11) is 2.67. The maximum Gasteiger partial charge on any atom is 0.355 e. The van der Waals surface area contributed by atoms with Crippen LogP contribution >= 0.6 is 0 Å². The summed E-state index contributed by atoms with van der Waals surface area (Å²) in [6, 6.07) is 29.2. The van der Waals surface area contributed by atoms with Crippen molar-refractivity contribution in [1.82, 2.24) is 0 Å². The molecule has 1 aliphatic carbocycles. The predicted octanol–water partition coefficient (Wildman–Crippen LogP) is 5.77. The molecule has 2 aliphatic rings. The third-order valence-corrected chi connectivity index (χ3v) is 6.40. The van der Waals surface area contributed by atoms with Crippen LogP contribution in [-0.4, -0.2) is 26.2 Å². The van der Waals surface area contributed by atoms with Crippen molar-refractivity contribution in [3.8, 4) is 0 Å². The highest BCUT2D eigenvalue weighted by atomic mass is 16.5. The van der Waals surface area contributed by atoms with E-state index in [1.165, 1.54) is 14.2 Å². The lowest BCUT2D eigenvalue weighted by Crippen LogP contribution is -2.31. The fourth-order valence-electron chi connectivity index (χ4n) is 4.79. The molecule has 174 valence electrons. The second-order valence-corrected chi connectivity index (χ2v) is 8.29. The van der Waals surface area contributed by atoms with Crippen molar-refractivity contribution >= 4 is 28.9 Å². The van der Waals surface area contributed by atoms with Crippen molar-refractivity contribution in [2.75, 3.05) is 19.1 Å². The molecule has 1 heterocycles. The first-order valence-corrected chi connectivity index (χ1v) is 11.5. The van der Waals surface area contributed by atoms with E-state index in [2.05, 4.69) is 0 Å². The summed E-state index contributed by atoms with van der Waals surface area (Å²) in [4.78, 5) is 28.9. The molecule has 1 fully saturated rings. The molecule has 0 unspecified atom stereocenters. The van der Waals surface area contributed by atoms with Crippen molar-refractivity contribution in [2.24, 2.45) is 0 Å². The van der Waals surface area contributed by atoms with Crippen LogP contribution in [0, 0.1) is 0 Å². The highest BCUT2D eigenvalue weighted by molar-refractivity contribution is 6.18. The third kappa shape index (κ3) is 3.85. The predicted molar refractivity (Wildman–Crippen MR) is 136 cm³/mol. The van der Waals surface area contributed by atoms with E-state index >= 15 is 0 Å². The number of rotatable bonds is 5. The lowest BCUT2D eigenvalue weighted by Gasteiger charge is -2.33. The molecule has 5 nitrogen and oxygen atoms in total. The van der Waals surface area contributed by atoms with Gasteiger partial charge < -0.3 is 14.4 Å². The standard InChI is InChI=1S/C30H25NO4/c1-34-29(32)26-25(20-12-6-3-7-13-20)23-18-19-24(23)27(21-14-8-4-9-15-21)31(28(26)30(33)35-2)22-16-10-5-11-17-22/h3-17H,18-19H2,1-2H3. The lowest BCUT2D eigenvalue weighted by atomic mass is 9.76. The number of carbonyl (C=O) groups is 2. The number of para-hydroxylation sites is 1. The van der Waals surface area contributed by atoms with Gasteiger partial charge >= 0.3 is 11.9 Å². The Morgan fingerprint density at radius 2 is 1.17 bits per heavy atom. The molecular formula is C30H25NO4. The lowest BCUT2D eigenvalue weighted by molar-refractivity contribution is -0.139. The van der Waals surface area contributed by atoms with Gasteiger partial charge in [0, 0.05) is 11.3 Å². The third-order valence-electron chi connectivity index (χ3n) is 6.40. The van der Waals surface area contributed by atoms with E-state index in [0.717, 1.165) is 46.5 Å². The SMILES string of the molecule is COC(=O)C1=C(C(=O)OC)N(c2ccccc2)C(c2ccccc2)=C2CCC2=C1c1ccccc1. The molecule has 0 atom stereocenters. The maximum atomic E-state index is 13.5. The van der Waals surface area contributed by atoms with Gasteiger partial charge in [0.2, 0.25) is 0 Å². The van der Waals surface area contributed by atoms with Crippen LogP contribution in [0.1, 0.15) is 24.0 Å². The zero-order valence-electron chi connectivity index (χ0n) is 19.7. The Morgan fingerprint density at radius 1 is 0.657 bits per heavy atom. The Balaban J connectivity index is 1.95. The van der Waals surface area contributed by atoms with E-state index in [9.17, 15) is 9.59 Å². The quantitative estimate of drug-likeness (QED) is 0.450. The summed E-state index contributed by atoms with van der Waals surface area (Å²) >= 11 is 0. The fraction of sp³-hybridized carbons (Fsp3) is 0.133. The number of methoxy groups -OCH3 is 2. The van der Waals surface area contributed by atoms with Gasteiger partial charge in [0.25, 0.3) is 0 Å². The van der Waals surface area contributed by atoms with Crippen LogP contribution in [0.5, 0.6) is 0 Å². The number of allylic oxidation sites excluding steroid dienone is 2. The van der Waals surface area contributed by atoms with Crippen LogP contribution in [0.4, 0.5) is 5.69 Å². The highest BCUT2D eigenvalue weighted by Gasteiger charge is 2.41. The van der Waals surface area contributed by atoms with Gasteiger partial charge in [-0.3, -0.25) is 0 Å². The van der Waals surface area contributed by atoms with E-state index in [0.29, 0.717) is 5.57 Å². The molecule has 0 amide bonds. The molecule has 35 heavy (non-hydrogen) atoms. The Bertz CT molecular complexity index is 1370. The second kappa shape index (κ2) is 9.47.